The Morgan fingerprint density at radius 3 is 2.29 bits per heavy atom. The van der Waals surface area contributed by atoms with Gasteiger partial charge in [-0.15, -0.1) is 0 Å². The Balaban J connectivity index is 2.81. The second-order valence-electron chi connectivity index (χ2n) is 3.84. The lowest BCUT2D eigenvalue weighted by atomic mass is 9.96. The molecule has 2 rings (SSSR count). The van der Waals surface area contributed by atoms with Gasteiger partial charge >= 0.3 is 0 Å². The molecule has 0 atom stereocenters. The number of hydrogen-bond donors (Lipinski definition) is 0. The Morgan fingerprint density at radius 1 is 0.929 bits per heavy atom. The average molecular weight is 205 g/mol. The van der Waals surface area contributed by atoms with Crippen LogP contribution in [0.25, 0.3) is 10.8 Å². The first-order chi connectivity index (χ1) is 6.70. The summed E-state index contributed by atoms with van der Waals surface area (Å²) in [6, 6.07) is 12.4. The number of halogens is 1. The lowest BCUT2D eigenvalue weighted by molar-refractivity contribution is 0.876. The zero-order valence-corrected chi connectivity index (χ0v) is 9.18. The lowest BCUT2D eigenvalue weighted by Crippen LogP contribution is -1.88. The molecule has 2 aromatic rings. The van der Waals surface area contributed by atoms with E-state index in [0.717, 1.165) is 10.4 Å². The van der Waals surface area contributed by atoms with Crippen LogP contribution in [-0.2, 0) is 0 Å². The molecule has 0 aliphatic heterocycles. The maximum Gasteiger partial charge on any atom is 0.0484 e. The van der Waals surface area contributed by atoms with Crippen molar-refractivity contribution >= 4 is 22.4 Å². The first-order valence-corrected chi connectivity index (χ1v) is 5.25. The largest absolute Gasteiger partial charge is 0.0837 e. The van der Waals surface area contributed by atoms with Crippen LogP contribution in [0.5, 0.6) is 0 Å². The molecule has 1 heteroatoms. The third kappa shape index (κ3) is 1.51. The van der Waals surface area contributed by atoms with Crippen LogP contribution in [0.15, 0.2) is 36.4 Å². The summed E-state index contributed by atoms with van der Waals surface area (Å²) in [5, 5.41) is 3.26. The summed E-state index contributed by atoms with van der Waals surface area (Å²) < 4.78 is 0. The number of benzene rings is 2. The highest BCUT2D eigenvalue weighted by Crippen LogP contribution is 2.29. The van der Waals surface area contributed by atoms with Crippen molar-refractivity contribution in [3.05, 3.63) is 47.0 Å². The normalized spacial score (nSPS) is 11.1. The number of fused-ring (bicyclic) bond motifs is 1. The highest BCUT2D eigenvalue weighted by Gasteiger charge is 2.05. The van der Waals surface area contributed by atoms with Gasteiger partial charge in [0.25, 0.3) is 0 Å². The second kappa shape index (κ2) is 3.62. The number of hydrogen-bond acceptors (Lipinski definition) is 0. The summed E-state index contributed by atoms with van der Waals surface area (Å²) in [4.78, 5) is 0. The molecular weight excluding hydrogens is 192 g/mol. The first kappa shape index (κ1) is 9.54. The molecule has 0 aliphatic rings. The Hall–Kier alpha value is -1.01. The van der Waals surface area contributed by atoms with E-state index in [0.29, 0.717) is 5.92 Å². The first-order valence-electron chi connectivity index (χ1n) is 4.87. The third-order valence-corrected chi connectivity index (χ3v) is 2.85. The van der Waals surface area contributed by atoms with E-state index in [1.165, 1.54) is 10.9 Å². The maximum atomic E-state index is 6.13. The van der Waals surface area contributed by atoms with Gasteiger partial charge < -0.3 is 0 Å². The monoisotopic (exact) mass is 204 g/mol. The molecule has 0 aliphatic carbocycles. The van der Waals surface area contributed by atoms with Crippen molar-refractivity contribution in [2.24, 2.45) is 0 Å². The molecule has 0 spiro atoms. The van der Waals surface area contributed by atoms with Crippen molar-refractivity contribution in [3.8, 4) is 0 Å². The van der Waals surface area contributed by atoms with Crippen LogP contribution in [0, 0.1) is 0 Å². The summed E-state index contributed by atoms with van der Waals surface area (Å²) in [6.07, 6.45) is 0. The molecule has 0 saturated carbocycles. The van der Waals surface area contributed by atoms with Gasteiger partial charge in [-0.25, -0.2) is 0 Å². The number of rotatable bonds is 1. The standard InChI is InChI=1S/C13H13Cl/c1-9(2)10-5-3-7-12-11(10)6-4-8-13(12)14/h3-9H,1-2H3. The fourth-order valence-corrected chi connectivity index (χ4v) is 2.04. The zero-order valence-electron chi connectivity index (χ0n) is 8.42. The van der Waals surface area contributed by atoms with Gasteiger partial charge in [-0.3, -0.25) is 0 Å². The van der Waals surface area contributed by atoms with Crippen molar-refractivity contribution < 1.29 is 0 Å². The second-order valence-corrected chi connectivity index (χ2v) is 4.24. The summed E-state index contributed by atoms with van der Waals surface area (Å²) >= 11 is 6.13. The third-order valence-electron chi connectivity index (χ3n) is 2.52. The highest BCUT2D eigenvalue weighted by atomic mass is 35.5. The quantitative estimate of drug-likeness (QED) is 0.636. The molecule has 0 nitrogen and oxygen atoms in total. The summed E-state index contributed by atoms with van der Waals surface area (Å²) in [5.74, 6) is 0.539. The van der Waals surface area contributed by atoms with Crippen LogP contribution in [0.2, 0.25) is 5.02 Å². The van der Waals surface area contributed by atoms with Crippen LogP contribution in [0.3, 0.4) is 0 Å². The molecule has 14 heavy (non-hydrogen) atoms. The van der Waals surface area contributed by atoms with E-state index in [2.05, 4.69) is 38.1 Å². The van der Waals surface area contributed by atoms with E-state index >= 15 is 0 Å². The minimum Gasteiger partial charge on any atom is -0.0837 e. The van der Waals surface area contributed by atoms with Crippen molar-refractivity contribution in [1.82, 2.24) is 0 Å². The van der Waals surface area contributed by atoms with Crippen LogP contribution in [-0.4, -0.2) is 0 Å². The topological polar surface area (TPSA) is 0 Å². The summed E-state index contributed by atoms with van der Waals surface area (Å²) in [7, 11) is 0. The van der Waals surface area contributed by atoms with Gasteiger partial charge in [0.15, 0.2) is 0 Å². The van der Waals surface area contributed by atoms with Gasteiger partial charge in [-0.1, -0.05) is 55.8 Å². The molecule has 2 aromatic carbocycles. The van der Waals surface area contributed by atoms with Crippen LogP contribution < -0.4 is 0 Å². The van der Waals surface area contributed by atoms with Gasteiger partial charge in [0.2, 0.25) is 0 Å². The summed E-state index contributed by atoms with van der Waals surface area (Å²) in [6.45, 7) is 4.41. The van der Waals surface area contributed by atoms with E-state index in [1.54, 1.807) is 0 Å². The molecule has 0 radical (unpaired) electrons. The van der Waals surface area contributed by atoms with Gasteiger partial charge in [0.05, 0.1) is 0 Å². The van der Waals surface area contributed by atoms with Crippen LogP contribution in [0.1, 0.15) is 25.3 Å². The molecule has 0 saturated heterocycles. The molecular formula is C13H13Cl. The molecule has 0 N–H and O–H groups in total. The molecule has 0 amide bonds. The van der Waals surface area contributed by atoms with Crippen LogP contribution >= 0.6 is 11.6 Å². The van der Waals surface area contributed by atoms with Crippen molar-refractivity contribution in [2.45, 2.75) is 19.8 Å². The van der Waals surface area contributed by atoms with Crippen LogP contribution in [0.4, 0.5) is 0 Å². The van der Waals surface area contributed by atoms with E-state index in [4.69, 9.17) is 11.6 Å². The predicted molar refractivity (Wildman–Crippen MR) is 63.0 cm³/mol. The fourth-order valence-electron chi connectivity index (χ4n) is 1.80. The smallest absolute Gasteiger partial charge is 0.0484 e. The SMILES string of the molecule is CC(C)c1cccc2c(Cl)cccc12. The molecule has 72 valence electrons. The molecule has 0 fully saturated rings. The fraction of sp³-hybridized carbons (Fsp3) is 0.231. The minimum absolute atomic E-state index is 0.539. The lowest BCUT2D eigenvalue weighted by Gasteiger charge is -2.10. The Morgan fingerprint density at radius 2 is 1.57 bits per heavy atom. The molecule has 0 bridgehead atoms. The molecule has 0 aromatic heterocycles. The Kier molecular flexibility index (Phi) is 2.47. The van der Waals surface area contributed by atoms with E-state index in [-0.39, 0.29) is 0 Å². The Labute approximate surface area is 89.5 Å². The van der Waals surface area contributed by atoms with E-state index < -0.39 is 0 Å². The van der Waals surface area contributed by atoms with Crippen molar-refractivity contribution in [2.75, 3.05) is 0 Å². The van der Waals surface area contributed by atoms with E-state index in [1.807, 2.05) is 12.1 Å². The summed E-state index contributed by atoms with van der Waals surface area (Å²) in [5.41, 5.74) is 1.37. The zero-order chi connectivity index (χ0) is 10.1. The van der Waals surface area contributed by atoms with Crippen molar-refractivity contribution in [3.63, 3.8) is 0 Å². The maximum absolute atomic E-state index is 6.13. The minimum atomic E-state index is 0.539. The van der Waals surface area contributed by atoms with Gasteiger partial charge in [-0.2, -0.15) is 0 Å². The Bertz CT molecular complexity index is 458. The van der Waals surface area contributed by atoms with E-state index in [9.17, 15) is 0 Å². The molecule has 0 unspecified atom stereocenters. The predicted octanol–water partition coefficient (Wildman–Crippen LogP) is 4.62. The van der Waals surface area contributed by atoms with Gasteiger partial charge in [0, 0.05) is 10.4 Å². The average Bonchev–Trinajstić information content (AvgIpc) is 2.17. The van der Waals surface area contributed by atoms with Gasteiger partial charge in [-0.05, 0) is 22.9 Å². The highest BCUT2D eigenvalue weighted by molar-refractivity contribution is 6.35. The van der Waals surface area contributed by atoms with Crippen molar-refractivity contribution in [1.29, 1.82) is 0 Å². The van der Waals surface area contributed by atoms with Gasteiger partial charge in [0.1, 0.15) is 0 Å². The molecule has 0 heterocycles.